The quantitative estimate of drug-likeness (QED) is 0.629. The maximum atomic E-state index is 4.69. The molecule has 6 nitrogen and oxygen atoms in total. The average Bonchev–Trinajstić information content (AvgIpc) is 3.13. The number of benzene rings is 1. The molecule has 6 heteroatoms. The van der Waals surface area contributed by atoms with Crippen LogP contribution in [-0.4, -0.2) is 29.9 Å². The van der Waals surface area contributed by atoms with Crippen LogP contribution in [0.3, 0.4) is 0 Å². The number of hydrogen-bond acceptors (Lipinski definition) is 4. The van der Waals surface area contributed by atoms with E-state index in [2.05, 4.69) is 37.4 Å². The van der Waals surface area contributed by atoms with Gasteiger partial charge >= 0.3 is 0 Å². The first-order valence-corrected chi connectivity index (χ1v) is 7.07. The molecule has 0 unspecified atom stereocenters. The summed E-state index contributed by atoms with van der Waals surface area (Å²) in [4.78, 5) is 8.84. The van der Waals surface area contributed by atoms with Gasteiger partial charge in [-0.3, -0.25) is 4.98 Å². The van der Waals surface area contributed by atoms with Crippen molar-refractivity contribution >= 4 is 11.0 Å². The molecule has 22 heavy (non-hydrogen) atoms. The van der Waals surface area contributed by atoms with E-state index >= 15 is 0 Å². The van der Waals surface area contributed by atoms with Crippen LogP contribution >= 0.6 is 0 Å². The summed E-state index contributed by atoms with van der Waals surface area (Å²) in [6, 6.07) is 14.1. The largest absolute Gasteiger partial charge is 0.253 e. The molecule has 108 valence electrons. The third-order valence-corrected chi connectivity index (χ3v) is 3.51. The minimum atomic E-state index is 0.606. The number of H-pyrrole nitrogens is 1. The first-order valence-electron chi connectivity index (χ1n) is 7.07. The van der Waals surface area contributed by atoms with Crippen molar-refractivity contribution < 1.29 is 0 Å². The summed E-state index contributed by atoms with van der Waals surface area (Å²) in [7, 11) is 0. The van der Waals surface area contributed by atoms with Gasteiger partial charge in [0.25, 0.3) is 0 Å². The van der Waals surface area contributed by atoms with Crippen molar-refractivity contribution in [3.8, 4) is 5.95 Å². The molecule has 0 aliphatic carbocycles. The predicted molar refractivity (Wildman–Crippen MR) is 82.8 cm³/mol. The molecule has 0 radical (unpaired) electrons. The maximum absolute atomic E-state index is 4.69. The van der Waals surface area contributed by atoms with Crippen molar-refractivity contribution in [3.63, 3.8) is 0 Å². The molecule has 0 aliphatic heterocycles. The fraction of sp³-hybridized carbons (Fsp3) is 0.125. The normalized spacial score (nSPS) is 11.1. The second kappa shape index (κ2) is 5.07. The molecule has 0 bridgehead atoms. The Morgan fingerprint density at radius 1 is 1.09 bits per heavy atom. The zero-order chi connectivity index (χ0) is 14.9. The minimum absolute atomic E-state index is 0.606. The van der Waals surface area contributed by atoms with E-state index in [9.17, 15) is 0 Å². The Balaban J connectivity index is 1.86. The number of rotatable bonds is 3. The van der Waals surface area contributed by atoms with Crippen molar-refractivity contribution in [2.24, 2.45) is 0 Å². The van der Waals surface area contributed by atoms with Gasteiger partial charge in [-0.1, -0.05) is 30.3 Å². The lowest BCUT2D eigenvalue weighted by atomic mass is 10.1. The molecule has 0 fully saturated rings. The van der Waals surface area contributed by atoms with Gasteiger partial charge in [-0.05, 0) is 24.6 Å². The van der Waals surface area contributed by atoms with E-state index in [-0.39, 0.29) is 0 Å². The van der Waals surface area contributed by atoms with Crippen LogP contribution in [0.2, 0.25) is 0 Å². The van der Waals surface area contributed by atoms with Crippen molar-refractivity contribution in [2.75, 3.05) is 0 Å². The van der Waals surface area contributed by atoms with Gasteiger partial charge in [0.15, 0.2) is 0 Å². The minimum Gasteiger partial charge on any atom is -0.253 e. The number of aryl methyl sites for hydroxylation is 1. The molecule has 0 spiro atoms. The topological polar surface area (TPSA) is 72.3 Å². The van der Waals surface area contributed by atoms with E-state index in [1.165, 1.54) is 5.56 Å². The van der Waals surface area contributed by atoms with Gasteiger partial charge in [0, 0.05) is 12.6 Å². The molecule has 3 aromatic heterocycles. The Kier molecular flexibility index (Phi) is 2.93. The Hall–Kier alpha value is -3.02. The summed E-state index contributed by atoms with van der Waals surface area (Å²) in [5, 5.41) is 11.7. The molecule has 0 saturated heterocycles. The fourth-order valence-corrected chi connectivity index (χ4v) is 2.51. The molecule has 4 rings (SSSR count). The van der Waals surface area contributed by atoms with Crippen molar-refractivity contribution in [1.82, 2.24) is 29.9 Å². The van der Waals surface area contributed by atoms with Crippen LogP contribution in [0.1, 0.15) is 17.1 Å². The highest BCUT2D eigenvalue weighted by atomic mass is 15.4. The highest BCUT2D eigenvalue weighted by molar-refractivity contribution is 5.79. The van der Waals surface area contributed by atoms with Gasteiger partial charge in [0.2, 0.25) is 5.95 Å². The van der Waals surface area contributed by atoms with Crippen LogP contribution in [0.4, 0.5) is 0 Å². The van der Waals surface area contributed by atoms with Gasteiger partial charge in [0.1, 0.15) is 11.3 Å². The summed E-state index contributed by atoms with van der Waals surface area (Å²) in [6.07, 6.45) is 2.52. The second-order valence-electron chi connectivity index (χ2n) is 5.10. The molecular weight excluding hydrogens is 276 g/mol. The van der Waals surface area contributed by atoms with Crippen molar-refractivity contribution in [3.05, 3.63) is 65.7 Å². The first kappa shape index (κ1) is 12.7. The standard InChI is InChI=1S/C16H14N6/c1-11-18-16(20-19-11)22-14-8-5-9-17-15(14)13(21-22)10-12-6-3-2-4-7-12/h2-9H,10H2,1H3,(H,18,19,20). The molecule has 0 amide bonds. The van der Waals surface area contributed by atoms with Gasteiger partial charge in [-0.15, -0.1) is 0 Å². The third-order valence-electron chi connectivity index (χ3n) is 3.51. The van der Waals surface area contributed by atoms with Gasteiger partial charge < -0.3 is 0 Å². The Bertz CT molecular complexity index is 922. The van der Waals surface area contributed by atoms with E-state index in [4.69, 9.17) is 0 Å². The molecule has 1 N–H and O–H groups in total. The van der Waals surface area contributed by atoms with Crippen molar-refractivity contribution in [1.29, 1.82) is 0 Å². The zero-order valence-electron chi connectivity index (χ0n) is 12.1. The Labute approximate surface area is 126 Å². The van der Waals surface area contributed by atoms with Crippen LogP contribution in [0.5, 0.6) is 0 Å². The number of nitrogens with one attached hydrogen (secondary N) is 1. The number of nitrogens with zero attached hydrogens (tertiary/aromatic N) is 5. The Morgan fingerprint density at radius 3 is 2.73 bits per heavy atom. The molecule has 0 aliphatic rings. The fourth-order valence-electron chi connectivity index (χ4n) is 2.51. The van der Waals surface area contributed by atoms with Gasteiger partial charge in [-0.2, -0.15) is 19.9 Å². The maximum Gasteiger partial charge on any atom is 0.247 e. The summed E-state index contributed by atoms with van der Waals surface area (Å²) in [5.74, 6) is 1.29. The van der Waals surface area contributed by atoms with E-state index in [1.807, 2.05) is 37.3 Å². The van der Waals surface area contributed by atoms with E-state index in [0.29, 0.717) is 11.8 Å². The monoisotopic (exact) mass is 290 g/mol. The van der Waals surface area contributed by atoms with Crippen LogP contribution in [-0.2, 0) is 6.42 Å². The SMILES string of the molecule is Cc1n[nH]c(-n2nc(Cc3ccccc3)c3ncccc32)n1. The average molecular weight is 290 g/mol. The molecule has 1 aromatic carbocycles. The van der Waals surface area contributed by atoms with Gasteiger partial charge in [0.05, 0.1) is 11.2 Å². The molecule has 4 aromatic rings. The summed E-state index contributed by atoms with van der Waals surface area (Å²) in [6.45, 7) is 1.84. The van der Waals surface area contributed by atoms with Crippen LogP contribution in [0.25, 0.3) is 17.0 Å². The molecule has 0 saturated carbocycles. The number of aromatic nitrogens is 6. The number of fused-ring (bicyclic) bond motifs is 1. The lowest BCUT2D eigenvalue weighted by Gasteiger charge is -1.97. The van der Waals surface area contributed by atoms with Crippen LogP contribution < -0.4 is 0 Å². The first-order chi connectivity index (χ1) is 10.8. The summed E-state index contributed by atoms with van der Waals surface area (Å²) < 4.78 is 1.76. The van der Waals surface area contributed by atoms with Crippen molar-refractivity contribution in [2.45, 2.75) is 13.3 Å². The smallest absolute Gasteiger partial charge is 0.247 e. The zero-order valence-corrected chi connectivity index (χ0v) is 12.1. The van der Waals surface area contributed by atoms with Crippen LogP contribution in [0, 0.1) is 6.92 Å². The number of pyridine rings is 1. The summed E-state index contributed by atoms with van der Waals surface area (Å²) >= 11 is 0. The van der Waals surface area contributed by atoms with E-state index in [0.717, 1.165) is 23.1 Å². The predicted octanol–water partition coefficient (Wildman–Crippen LogP) is 2.44. The van der Waals surface area contributed by atoms with Gasteiger partial charge in [-0.25, -0.2) is 5.10 Å². The summed E-state index contributed by atoms with van der Waals surface area (Å²) in [5.41, 5.74) is 3.94. The Morgan fingerprint density at radius 2 is 1.95 bits per heavy atom. The molecule has 3 heterocycles. The van der Waals surface area contributed by atoms with E-state index < -0.39 is 0 Å². The second-order valence-corrected chi connectivity index (χ2v) is 5.10. The lowest BCUT2D eigenvalue weighted by Crippen LogP contribution is -2.00. The molecular formula is C16H14N6. The number of aromatic amines is 1. The van der Waals surface area contributed by atoms with Crippen LogP contribution in [0.15, 0.2) is 48.7 Å². The highest BCUT2D eigenvalue weighted by Crippen LogP contribution is 2.20. The third kappa shape index (κ3) is 2.14. The molecule has 0 atom stereocenters. The highest BCUT2D eigenvalue weighted by Gasteiger charge is 2.15. The lowest BCUT2D eigenvalue weighted by molar-refractivity contribution is 0.814. The number of hydrogen-bond donors (Lipinski definition) is 1. The van der Waals surface area contributed by atoms with E-state index in [1.54, 1.807) is 10.9 Å².